The van der Waals surface area contributed by atoms with Gasteiger partial charge in [0.2, 0.25) is 0 Å². The Hall–Kier alpha value is -3.42. The number of benzene rings is 1. The summed E-state index contributed by atoms with van der Waals surface area (Å²) in [5, 5.41) is 0. The van der Waals surface area contributed by atoms with Gasteiger partial charge in [0.1, 0.15) is 0 Å². The predicted molar refractivity (Wildman–Crippen MR) is 104 cm³/mol. The molecule has 0 amide bonds. The number of aryl methyl sites for hydroxylation is 1. The van der Waals surface area contributed by atoms with Crippen molar-refractivity contribution in [2.75, 3.05) is 0 Å². The maximum absolute atomic E-state index is 13.1. The summed E-state index contributed by atoms with van der Waals surface area (Å²) in [4.78, 5) is 42.5. The third kappa shape index (κ3) is 2.69. The van der Waals surface area contributed by atoms with Gasteiger partial charge in [0.15, 0.2) is 22.7 Å². The third-order valence-electron chi connectivity index (χ3n) is 4.79. The first-order valence-electron chi connectivity index (χ1n) is 8.88. The molecule has 144 valence electrons. The molecule has 0 aliphatic rings. The van der Waals surface area contributed by atoms with Crippen LogP contribution in [0.15, 0.2) is 50.5 Å². The summed E-state index contributed by atoms with van der Waals surface area (Å²) < 4.78 is 9.53. The van der Waals surface area contributed by atoms with Crippen molar-refractivity contribution < 1.29 is 9.21 Å². The molecule has 4 rings (SSSR count). The van der Waals surface area contributed by atoms with E-state index in [-0.39, 0.29) is 29.3 Å². The lowest BCUT2D eigenvalue weighted by Gasteiger charge is -2.17. The van der Waals surface area contributed by atoms with Crippen molar-refractivity contribution in [3.63, 3.8) is 0 Å². The lowest BCUT2D eigenvalue weighted by Crippen LogP contribution is -2.42. The second-order valence-corrected chi connectivity index (χ2v) is 7.80. The molecule has 0 bridgehead atoms. The van der Waals surface area contributed by atoms with Crippen LogP contribution in [0.2, 0.25) is 0 Å². The zero-order valence-electron chi connectivity index (χ0n) is 16.1. The van der Waals surface area contributed by atoms with E-state index in [0.29, 0.717) is 5.76 Å². The Morgan fingerprint density at radius 3 is 2.46 bits per heavy atom. The molecule has 0 aliphatic heterocycles. The highest BCUT2D eigenvalue weighted by atomic mass is 16.4. The number of hydrogen-bond donors (Lipinski definition) is 0. The molecule has 0 fully saturated rings. The molecule has 0 saturated heterocycles. The molecule has 28 heavy (non-hydrogen) atoms. The Morgan fingerprint density at radius 2 is 1.82 bits per heavy atom. The van der Waals surface area contributed by atoms with Crippen LogP contribution in [0.1, 0.15) is 20.8 Å². The van der Waals surface area contributed by atoms with Gasteiger partial charge in [-0.3, -0.25) is 23.1 Å². The van der Waals surface area contributed by atoms with Crippen molar-refractivity contribution in [2.24, 2.45) is 12.5 Å². The summed E-state index contributed by atoms with van der Waals surface area (Å²) in [6, 6.07) is 9.43. The Morgan fingerprint density at radius 1 is 1.14 bits per heavy atom. The third-order valence-corrected chi connectivity index (χ3v) is 4.79. The van der Waals surface area contributed by atoms with Gasteiger partial charge in [-0.25, -0.2) is 4.79 Å². The molecule has 8 nitrogen and oxygen atoms in total. The highest BCUT2D eigenvalue weighted by molar-refractivity contribution is 5.84. The van der Waals surface area contributed by atoms with Crippen LogP contribution in [0.4, 0.5) is 0 Å². The quantitative estimate of drug-likeness (QED) is 0.543. The second kappa shape index (κ2) is 6.05. The first kappa shape index (κ1) is 18.0. The second-order valence-electron chi connectivity index (χ2n) is 7.80. The van der Waals surface area contributed by atoms with Crippen LogP contribution in [0, 0.1) is 5.41 Å². The van der Waals surface area contributed by atoms with E-state index in [1.54, 1.807) is 27.0 Å². The molecule has 3 heterocycles. The summed E-state index contributed by atoms with van der Waals surface area (Å²) in [6.45, 7) is 4.97. The van der Waals surface area contributed by atoms with E-state index >= 15 is 0 Å². The molecule has 0 atom stereocenters. The maximum Gasteiger partial charge on any atom is 0.332 e. The average Bonchev–Trinajstić information content (AvgIpc) is 3.21. The van der Waals surface area contributed by atoms with Gasteiger partial charge in [-0.15, -0.1) is 0 Å². The van der Waals surface area contributed by atoms with Crippen LogP contribution in [-0.2, 0) is 18.4 Å². The van der Waals surface area contributed by atoms with Gasteiger partial charge < -0.3 is 4.42 Å². The number of rotatable bonds is 3. The molecule has 0 N–H and O–H groups in total. The fraction of sp³-hybridized carbons (Fsp3) is 0.300. The highest BCUT2D eigenvalue weighted by Gasteiger charge is 2.25. The standard InChI is InChI=1S/C20H20N4O4/c1-20(2,3)14(25)11-24-17(26)15-16(22(4)19(24)27)21-18-23(15)10-13(28-18)12-8-6-5-7-9-12/h5-10H,11H2,1-4H3. The number of imidazole rings is 1. The number of hydrogen-bond acceptors (Lipinski definition) is 5. The summed E-state index contributed by atoms with van der Waals surface area (Å²) in [5.41, 5.74) is -0.558. The van der Waals surface area contributed by atoms with Gasteiger partial charge in [-0.05, 0) is 0 Å². The molecule has 0 unspecified atom stereocenters. The van der Waals surface area contributed by atoms with Crippen LogP contribution < -0.4 is 11.2 Å². The lowest BCUT2D eigenvalue weighted by atomic mass is 9.91. The number of ketones is 1. The summed E-state index contributed by atoms with van der Waals surface area (Å²) in [7, 11) is 1.52. The van der Waals surface area contributed by atoms with Gasteiger partial charge in [0.25, 0.3) is 5.56 Å². The molecule has 3 aromatic heterocycles. The van der Waals surface area contributed by atoms with Gasteiger partial charge >= 0.3 is 11.5 Å². The Bertz CT molecular complexity index is 1330. The molecule has 0 aliphatic carbocycles. The van der Waals surface area contributed by atoms with Crippen molar-refractivity contribution in [1.29, 1.82) is 0 Å². The van der Waals surface area contributed by atoms with Crippen molar-refractivity contribution in [3.05, 3.63) is 57.4 Å². The summed E-state index contributed by atoms with van der Waals surface area (Å²) >= 11 is 0. The van der Waals surface area contributed by atoms with Gasteiger partial charge in [-0.2, -0.15) is 4.98 Å². The number of oxazole rings is 1. The number of carbonyl (C=O) groups is 1. The van der Waals surface area contributed by atoms with Crippen molar-refractivity contribution in [2.45, 2.75) is 27.3 Å². The van der Waals surface area contributed by atoms with E-state index in [1.807, 2.05) is 30.3 Å². The maximum atomic E-state index is 13.1. The topological polar surface area (TPSA) is 91.5 Å². The zero-order chi connectivity index (χ0) is 20.2. The van der Waals surface area contributed by atoms with Crippen molar-refractivity contribution >= 4 is 22.8 Å². The van der Waals surface area contributed by atoms with E-state index in [0.717, 1.165) is 10.1 Å². The summed E-state index contributed by atoms with van der Waals surface area (Å²) in [5.74, 6) is 0.556. The monoisotopic (exact) mass is 380 g/mol. The van der Waals surface area contributed by atoms with Crippen molar-refractivity contribution in [3.8, 4) is 11.3 Å². The Labute approximate surface area is 159 Å². The molecule has 0 spiro atoms. The Balaban J connectivity index is 1.97. The minimum Gasteiger partial charge on any atom is -0.423 e. The Kier molecular flexibility index (Phi) is 3.88. The fourth-order valence-corrected chi connectivity index (χ4v) is 3.01. The first-order valence-corrected chi connectivity index (χ1v) is 8.88. The largest absolute Gasteiger partial charge is 0.423 e. The van der Waals surface area contributed by atoms with E-state index in [4.69, 9.17) is 4.42 Å². The number of fused-ring (bicyclic) bond motifs is 3. The molecule has 4 aromatic rings. The van der Waals surface area contributed by atoms with E-state index in [9.17, 15) is 14.4 Å². The van der Waals surface area contributed by atoms with Crippen molar-refractivity contribution in [1.82, 2.24) is 18.5 Å². The van der Waals surface area contributed by atoms with Crippen LogP contribution >= 0.6 is 0 Å². The van der Waals surface area contributed by atoms with E-state index < -0.39 is 16.7 Å². The summed E-state index contributed by atoms with van der Waals surface area (Å²) in [6.07, 6.45) is 1.67. The minimum atomic E-state index is -0.664. The minimum absolute atomic E-state index is 0.199. The van der Waals surface area contributed by atoms with Gasteiger partial charge in [0, 0.05) is 18.0 Å². The molecule has 1 aromatic carbocycles. The van der Waals surface area contributed by atoms with Gasteiger partial charge in [-0.1, -0.05) is 51.1 Å². The van der Waals surface area contributed by atoms with Crippen LogP contribution in [0.25, 0.3) is 28.3 Å². The van der Waals surface area contributed by atoms with E-state index in [1.165, 1.54) is 16.0 Å². The number of nitrogens with zero attached hydrogens (tertiary/aromatic N) is 4. The highest BCUT2D eigenvalue weighted by Crippen LogP contribution is 2.24. The van der Waals surface area contributed by atoms with Gasteiger partial charge in [0.05, 0.1) is 12.7 Å². The molecule has 0 radical (unpaired) electrons. The predicted octanol–water partition coefficient (Wildman–Crippen LogP) is 2.22. The van der Waals surface area contributed by atoms with E-state index in [2.05, 4.69) is 4.98 Å². The lowest BCUT2D eigenvalue weighted by molar-refractivity contribution is -0.127. The van der Waals surface area contributed by atoms with Crippen LogP contribution in [0.5, 0.6) is 0 Å². The smallest absolute Gasteiger partial charge is 0.332 e. The number of carbonyl (C=O) groups excluding carboxylic acids is 1. The first-order chi connectivity index (χ1) is 13.2. The zero-order valence-corrected chi connectivity index (χ0v) is 16.1. The fourth-order valence-electron chi connectivity index (χ4n) is 3.01. The number of Topliss-reactive ketones (excluding diaryl/α,β-unsaturated/α-hetero) is 1. The molecule has 0 saturated carbocycles. The normalized spacial score (nSPS) is 12.1. The number of aromatic nitrogens is 4. The van der Waals surface area contributed by atoms with Crippen LogP contribution in [0.3, 0.4) is 0 Å². The van der Waals surface area contributed by atoms with Crippen LogP contribution in [-0.4, -0.2) is 24.3 Å². The average molecular weight is 380 g/mol. The molecule has 8 heteroatoms. The SMILES string of the molecule is Cn1c(=O)n(CC(=O)C(C)(C)C)c(=O)c2c1nc1oc(-c3ccccc3)cn12. The molecular weight excluding hydrogens is 360 g/mol. The molecular formula is C20H20N4O4.